The van der Waals surface area contributed by atoms with Crippen LogP contribution in [0.4, 0.5) is 16.2 Å². The molecule has 1 atom stereocenters. The molecular weight excluding hydrogens is 235 g/mol. The number of nitrogens with zero attached hydrogens (tertiary/aromatic N) is 2. The maximum atomic E-state index is 13.5. The van der Waals surface area contributed by atoms with Crippen molar-refractivity contribution < 1.29 is 8.81 Å². The molecule has 18 heavy (non-hydrogen) atoms. The monoisotopic (exact) mass is 250 g/mol. The highest BCUT2D eigenvalue weighted by Crippen LogP contribution is 2.14. The molecular formula is C12H15FN4O. The van der Waals surface area contributed by atoms with Crippen LogP contribution < -0.4 is 10.6 Å². The number of anilines is 2. The fourth-order valence-corrected chi connectivity index (χ4v) is 1.60. The van der Waals surface area contributed by atoms with E-state index in [2.05, 4.69) is 20.6 Å². The van der Waals surface area contributed by atoms with Gasteiger partial charge < -0.3 is 15.1 Å². The summed E-state index contributed by atoms with van der Waals surface area (Å²) < 4.78 is 18.7. The molecule has 2 heterocycles. The van der Waals surface area contributed by atoms with Crippen LogP contribution in [0.1, 0.15) is 12.7 Å². The Morgan fingerprint density at radius 2 is 2.33 bits per heavy atom. The molecule has 2 aromatic rings. The van der Waals surface area contributed by atoms with Gasteiger partial charge in [0.15, 0.2) is 11.6 Å². The molecule has 5 nitrogen and oxygen atoms in total. The molecule has 0 bridgehead atoms. The lowest BCUT2D eigenvalue weighted by Gasteiger charge is -2.14. The summed E-state index contributed by atoms with van der Waals surface area (Å²) in [5, 5.41) is 5.76. The van der Waals surface area contributed by atoms with Gasteiger partial charge in [-0.25, -0.2) is 9.37 Å². The molecule has 2 aromatic heterocycles. The number of furan rings is 1. The first-order valence-electron chi connectivity index (χ1n) is 5.68. The zero-order chi connectivity index (χ0) is 13.0. The van der Waals surface area contributed by atoms with E-state index >= 15 is 0 Å². The largest absolute Gasteiger partial charge is 0.469 e. The smallest absolute Gasteiger partial charge is 0.224 e. The van der Waals surface area contributed by atoms with Gasteiger partial charge >= 0.3 is 0 Å². The van der Waals surface area contributed by atoms with Crippen LogP contribution in [-0.4, -0.2) is 23.1 Å². The van der Waals surface area contributed by atoms with E-state index < -0.39 is 5.82 Å². The van der Waals surface area contributed by atoms with E-state index in [0.29, 0.717) is 12.4 Å². The predicted octanol–water partition coefficient (Wildman–Crippen LogP) is 2.29. The van der Waals surface area contributed by atoms with Crippen LogP contribution in [0.25, 0.3) is 0 Å². The van der Waals surface area contributed by atoms with Crippen molar-refractivity contribution in [2.24, 2.45) is 0 Å². The standard InChI is InChI=1S/C12H15FN4O/c1-8(6-9-4-3-5-18-9)16-11-10(13)7-15-12(14-2)17-11/h3-5,7-8H,6H2,1-2H3,(H2,14,15,16,17). The SMILES string of the molecule is CNc1ncc(F)c(NC(C)Cc2ccco2)n1. The quantitative estimate of drug-likeness (QED) is 0.852. The first-order valence-corrected chi connectivity index (χ1v) is 5.68. The highest BCUT2D eigenvalue weighted by Gasteiger charge is 2.11. The number of halogens is 1. The highest BCUT2D eigenvalue weighted by atomic mass is 19.1. The molecule has 2 rings (SSSR count). The van der Waals surface area contributed by atoms with Gasteiger partial charge in [0.1, 0.15) is 5.76 Å². The fraction of sp³-hybridized carbons (Fsp3) is 0.333. The van der Waals surface area contributed by atoms with E-state index in [1.165, 1.54) is 0 Å². The maximum absolute atomic E-state index is 13.5. The van der Waals surface area contributed by atoms with Crippen molar-refractivity contribution in [1.82, 2.24) is 9.97 Å². The Balaban J connectivity index is 2.04. The van der Waals surface area contributed by atoms with Crippen LogP contribution in [-0.2, 0) is 6.42 Å². The van der Waals surface area contributed by atoms with E-state index in [4.69, 9.17) is 4.42 Å². The van der Waals surface area contributed by atoms with E-state index in [-0.39, 0.29) is 11.9 Å². The third-order valence-electron chi connectivity index (χ3n) is 2.44. The normalized spacial score (nSPS) is 12.2. The average molecular weight is 250 g/mol. The number of hydrogen-bond acceptors (Lipinski definition) is 5. The number of nitrogens with one attached hydrogen (secondary N) is 2. The molecule has 0 aromatic carbocycles. The molecule has 0 aliphatic rings. The second kappa shape index (κ2) is 5.48. The fourth-order valence-electron chi connectivity index (χ4n) is 1.60. The van der Waals surface area contributed by atoms with Crippen molar-refractivity contribution in [3.63, 3.8) is 0 Å². The maximum Gasteiger partial charge on any atom is 0.224 e. The van der Waals surface area contributed by atoms with Crippen molar-refractivity contribution in [2.75, 3.05) is 17.7 Å². The van der Waals surface area contributed by atoms with E-state index in [1.807, 2.05) is 19.1 Å². The van der Waals surface area contributed by atoms with Gasteiger partial charge in [0.25, 0.3) is 0 Å². The number of aromatic nitrogens is 2. The van der Waals surface area contributed by atoms with Crippen molar-refractivity contribution in [3.05, 3.63) is 36.2 Å². The summed E-state index contributed by atoms with van der Waals surface area (Å²) in [6, 6.07) is 3.71. The van der Waals surface area contributed by atoms with E-state index in [1.54, 1.807) is 13.3 Å². The summed E-state index contributed by atoms with van der Waals surface area (Å²) in [4.78, 5) is 7.81. The summed E-state index contributed by atoms with van der Waals surface area (Å²) in [5.41, 5.74) is 0. The highest BCUT2D eigenvalue weighted by molar-refractivity contribution is 5.41. The minimum atomic E-state index is -0.472. The van der Waals surface area contributed by atoms with Crippen molar-refractivity contribution >= 4 is 11.8 Å². The molecule has 0 aliphatic heterocycles. The Morgan fingerprint density at radius 3 is 3.00 bits per heavy atom. The summed E-state index contributed by atoms with van der Waals surface area (Å²) in [6.45, 7) is 1.93. The van der Waals surface area contributed by atoms with Crippen LogP contribution in [0.5, 0.6) is 0 Å². The second-order valence-corrected chi connectivity index (χ2v) is 3.97. The lowest BCUT2D eigenvalue weighted by Crippen LogP contribution is -2.20. The third kappa shape index (κ3) is 2.97. The summed E-state index contributed by atoms with van der Waals surface area (Å²) in [7, 11) is 1.68. The minimum Gasteiger partial charge on any atom is -0.469 e. The molecule has 1 unspecified atom stereocenters. The molecule has 96 valence electrons. The lowest BCUT2D eigenvalue weighted by molar-refractivity contribution is 0.496. The van der Waals surface area contributed by atoms with Gasteiger partial charge in [-0.1, -0.05) is 0 Å². The Morgan fingerprint density at radius 1 is 1.50 bits per heavy atom. The van der Waals surface area contributed by atoms with Crippen LogP contribution in [0.2, 0.25) is 0 Å². The van der Waals surface area contributed by atoms with Gasteiger partial charge in [0, 0.05) is 19.5 Å². The van der Waals surface area contributed by atoms with Crippen molar-refractivity contribution in [3.8, 4) is 0 Å². The lowest BCUT2D eigenvalue weighted by atomic mass is 10.2. The molecule has 0 saturated carbocycles. The Hall–Kier alpha value is -2.11. The molecule has 6 heteroatoms. The van der Waals surface area contributed by atoms with Gasteiger partial charge in [-0.2, -0.15) is 4.98 Å². The Bertz CT molecular complexity index is 501. The summed E-state index contributed by atoms with van der Waals surface area (Å²) in [5.74, 6) is 0.941. The van der Waals surface area contributed by atoms with E-state index in [9.17, 15) is 4.39 Å². The van der Waals surface area contributed by atoms with Gasteiger partial charge in [-0.05, 0) is 19.1 Å². The van der Waals surface area contributed by atoms with Gasteiger partial charge in [0.05, 0.1) is 12.5 Å². The van der Waals surface area contributed by atoms with Crippen LogP contribution in [0.3, 0.4) is 0 Å². The zero-order valence-electron chi connectivity index (χ0n) is 10.3. The van der Waals surface area contributed by atoms with Crippen molar-refractivity contribution in [2.45, 2.75) is 19.4 Å². The van der Waals surface area contributed by atoms with Gasteiger partial charge in [0.2, 0.25) is 5.95 Å². The molecule has 0 saturated heterocycles. The van der Waals surface area contributed by atoms with Crippen LogP contribution in [0, 0.1) is 5.82 Å². The second-order valence-electron chi connectivity index (χ2n) is 3.97. The Kier molecular flexibility index (Phi) is 3.76. The van der Waals surface area contributed by atoms with Gasteiger partial charge in [-0.3, -0.25) is 0 Å². The van der Waals surface area contributed by atoms with Gasteiger partial charge in [-0.15, -0.1) is 0 Å². The topological polar surface area (TPSA) is 63.0 Å². The molecule has 0 amide bonds. The Labute approximate surface area is 104 Å². The van der Waals surface area contributed by atoms with Crippen LogP contribution >= 0.6 is 0 Å². The van der Waals surface area contributed by atoms with Crippen molar-refractivity contribution in [1.29, 1.82) is 0 Å². The summed E-state index contributed by atoms with van der Waals surface area (Å²) in [6.07, 6.45) is 3.42. The number of hydrogen-bond donors (Lipinski definition) is 2. The van der Waals surface area contributed by atoms with E-state index in [0.717, 1.165) is 12.0 Å². The average Bonchev–Trinajstić information content (AvgIpc) is 2.84. The number of rotatable bonds is 5. The first kappa shape index (κ1) is 12.3. The predicted molar refractivity (Wildman–Crippen MR) is 67.0 cm³/mol. The third-order valence-corrected chi connectivity index (χ3v) is 2.44. The zero-order valence-corrected chi connectivity index (χ0v) is 10.3. The first-order chi connectivity index (χ1) is 8.69. The van der Waals surface area contributed by atoms with Crippen LogP contribution in [0.15, 0.2) is 29.0 Å². The molecule has 0 radical (unpaired) electrons. The summed E-state index contributed by atoms with van der Waals surface area (Å²) >= 11 is 0. The minimum absolute atomic E-state index is 0.00487. The molecule has 0 fully saturated rings. The molecule has 2 N–H and O–H groups in total. The molecule has 0 aliphatic carbocycles. The molecule has 0 spiro atoms.